The van der Waals surface area contributed by atoms with E-state index in [4.69, 9.17) is 11.5 Å². The average Bonchev–Trinajstić information content (AvgIpc) is 2.66. The smallest absolute Gasteiger partial charge is 0.369 e. The van der Waals surface area contributed by atoms with E-state index in [1.54, 1.807) is 4.90 Å². The molecule has 1 atom stereocenters. The molecule has 2 rings (SSSR count). The van der Waals surface area contributed by atoms with Gasteiger partial charge in [0, 0.05) is 6.54 Å². The van der Waals surface area contributed by atoms with E-state index in [0.29, 0.717) is 12.1 Å². The highest BCUT2D eigenvalue weighted by atomic mass is 19.4. The number of hydrogen-bond acceptors (Lipinski definition) is 5. The van der Waals surface area contributed by atoms with E-state index in [9.17, 15) is 13.2 Å². The number of rotatable bonds is 11. The lowest BCUT2D eigenvalue weighted by atomic mass is 10.1. The Hall–Kier alpha value is -2.25. The van der Waals surface area contributed by atoms with Crippen molar-refractivity contribution >= 4 is 11.9 Å². The van der Waals surface area contributed by atoms with Crippen LogP contribution >= 0.6 is 0 Å². The number of aliphatic imine (C=N–C) groups is 2. The van der Waals surface area contributed by atoms with Crippen LogP contribution in [0.3, 0.4) is 0 Å². The van der Waals surface area contributed by atoms with E-state index in [2.05, 4.69) is 16.9 Å². The number of halogens is 3. The molecule has 0 fully saturated rings. The molecule has 0 saturated heterocycles. The molecule has 5 nitrogen and oxygen atoms in total. The predicted molar refractivity (Wildman–Crippen MR) is 111 cm³/mol. The van der Waals surface area contributed by atoms with Crippen molar-refractivity contribution in [3.63, 3.8) is 0 Å². The molecule has 1 heterocycles. The van der Waals surface area contributed by atoms with Crippen molar-refractivity contribution in [3.05, 3.63) is 35.4 Å². The largest absolute Gasteiger partial charge is 0.416 e. The zero-order valence-corrected chi connectivity index (χ0v) is 17.1. The van der Waals surface area contributed by atoms with Gasteiger partial charge in [0.1, 0.15) is 6.17 Å². The third-order valence-corrected chi connectivity index (χ3v) is 5.11. The molecule has 0 saturated carbocycles. The monoisotopic (exact) mass is 411 g/mol. The van der Waals surface area contributed by atoms with Crippen LogP contribution in [0.5, 0.6) is 0 Å². The van der Waals surface area contributed by atoms with Crippen LogP contribution in [-0.4, -0.2) is 23.0 Å². The van der Waals surface area contributed by atoms with E-state index in [0.717, 1.165) is 31.4 Å². The Morgan fingerprint density at radius 2 is 1.52 bits per heavy atom. The third-order valence-electron chi connectivity index (χ3n) is 5.11. The topological polar surface area (TPSA) is 80.0 Å². The van der Waals surface area contributed by atoms with Crippen LogP contribution in [0.15, 0.2) is 34.3 Å². The van der Waals surface area contributed by atoms with Gasteiger partial charge in [-0.15, -0.1) is 0 Å². The Labute approximate surface area is 171 Å². The summed E-state index contributed by atoms with van der Waals surface area (Å²) in [6, 6.07) is 5.09. The van der Waals surface area contributed by atoms with E-state index >= 15 is 0 Å². The molecule has 0 aliphatic carbocycles. The summed E-state index contributed by atoms with van der Waals surface area (Å²) in [6.07, 6.45) is 5.87. The lowest BCUT2D eigenvalue weighted by Crippen LogP contribution is -2.47. The highest BCUT2D eigenvalue weighted by Crippen LogP contribution is 2.29. The van der Waals surface area contributed by atoms with Gasteiger partial charge in [0.25, 0.3) is 0 Å². The van der Waals surface area contributed by atoms with E-state index in [-0.39, 0.29) is 18.1 Å². The second-order valence-electron chi connectivity index (χ2n) is 7.52. The Morgan fingerprint density at radius 3 is 2.10 bits per heavy atom. The van der Waals surface area contributed by atoms with Crippen molar-refractivity contribution < 1.29 is 13.2 Å². The van der Waals surface area contributed by atoms with Crippen LogP contribution in [-0.2, 0) is 12.7 Å². The number of alkyl halides is 3. The number of unbranched alkanes of at least 4 members (excludes halogenated alkanes) is 7. The first-order valence-electron chi connectivity index (χ1n) is 10.4. The van der Waals surface area contributed by atoms with Gasteiger partial charge in [0.2, 0.25) is 11.9 Å². The molecule has 1 unspecified atom stereocenters. The zero-order chi connectivity index (χ0) is 21.3. The Kier molecular flexibility index (Phi) is 8.79. The molecule has 8 heteroatoms. The number of nitrogens with two attached hydrogens (primary N) is 2. The van der Waals surface area contributed by atoms with Crippen molar-refractivity contribution in [2.45, 2.75) is 83.6 Å². The SMILES string of the molecule is CCCCCCCCCCC1N=C(N)N=C(N)N1Cc1ccc(C(F)(F)F)cc1. The Balaban J connectivity index is 1.88. The maximum atomic E-state index is 12.8. The quantitative estimate of drug-likeness (QED) is 0.503. The summed E-state index contributed by atoms with van der Waals surface area (Å²) in [5.74, 6) is 0.401. The molecule has 1 aliphatic heterocycles. The minimum absolute atomic E-state index is 0.149. The van der Waals surface area contributed by atoms with Crippen molar-refractivity contribution in [1.82, 2.24) is 4.90 Å². The minimum Gasteiger partial charge on any atom is -0.369 e. The highest BCUT2D eigenvalue weighted by Gasteiger charge is 2.30. The molecular formula is C21H32F3N5. The molecule has 0 radical (unpaired) electrons. The third kappa shape index (κ3) is 7.59. The fourth-order valence-corrected chi connectivity index (χ4v) is 3.45. The Morgan fingerprint density at radius 1 is 0.931 bits per heavy atom. The molecule has 0 spiro atoms. The second kappa shape index (κ2) is 11.1. The van der Waals surface area contributed by atoms with Gasteiger partial charge in [-0.05, 0) is 30.5 Å². The molecule has 29 heavy (non-hydrogen) atoms. The maximum absolute atomic E-state index is 12.8. The molecule has 1 aromatic rings. The summed E-state index contributed by atoms with van der Waals surface area (Å²) >= 11 is 0. The van der Waals surface area contributed by atoms with Crippen LogP contribution < -0.4 is 11.5 Å². The fraction of sp³-hybridized carbons (Fsp3) is 0.619. The first-order chi connectivity index (χ1) is 13.8. The molecule has 1 aromatic carbocycles. The van der Waals surface area contributed by atoms with Crippen LogP contribution in [0.25, 0.3) is 0 Å². The van der Waals surface area contributed by atoms with Crippen LogP contribution in [0.4, 0.5) is 13.2 Å². The molecule has 0 amide bonds. The molecule has 162 valence electrons. The first kappa shape index (κ1) is 23.0. The van der Waals surface area contributed by atoms with Gasteiger partial charge in [-0.1, -0.05) is 64.0 Å². The van der Waals surface area contributed by atoms with E-state index in [1.165, 1.54) is 50.7 Å². The lowest BCUT2D eigenvalue weighted by Gasteiger charge is -2.32. The van der Waals surface area contributed by atoms with E-state index in [1.807, 2.05) is 0 Å². The molecular weight excluding hydrogens is 379 g/mol. The first-order valence-corrected chi connectivity index (χ1v) is 10.4. The standard InChI is InChI=1S/C21H32F3N5/c1-2-3-4-5-6-7-8-9-10-18-27-19(25)28-20(26)29(18)15-16-11-13-17(14-12-16)21(22,23)24/h11-14,18H,2-10,15H2,1H3,(H4,25,26,27,28). The number of nitrogens with zero attached hydrogens (tertiary/aromatic N) is 3. The number of guanidine groups is 2. The van der Waals surface area contributed by atoms with Gasteiger partial charge in [0.05, 0.1) is 5.56 Å². The van der Waals surface area contributed by atoms with Gasteiger partial charge in [-0.25, -0.2) is 4.99 Å². The van der Waals surface area contributed by atoms with Gasteiger partial charge >= 0.3 is 6.18 Å². The van der Waals surface area contributed by atoms with Crippen molar-refractivity contribution in [1.29, 1.82) is 0 Å². The lowest BCUT2D eigenvalue weighted by molar-refractivity contribution is -0.137. The van der Waals surface area contributed by atoms with E-state index < -0.39 is 11.7 Å². The van der Waals surface area contributed by atoms with Crippen LogP contribution in [0, 0.1) is 0 Å². The molecule has 0 aromatic heterocycles. The van der Waals surface area contributed by atoms with Crippen molar-refractivity contribution in [3.8, 4) is 0 Å². The van der Waals surface area contributed by atoms with Crippen LogP contribution in [0.1, 0.15) is 75.8 Å². The maximum Gasteiger partial charge on any atom is 0.416 e. The summed E-state index contributed by atoms with van der Waals surface area (Å²) < 4.78 is 38.3. The zero-order valence-electron chi connectivity index (χ0n) is 17.1. The number of hydrogen-bond donors (Lipinski definition) is 2. The van der Waals surface area contributed by atoms with Gasteiger partial charge in [-0.2, -0.15) is 18.2 Å². The summed E-state index contributed by atoms with van der Waals surface area (Å²) in [5.41, 5.74) is 11.9. The van der Waals surface area contributed by atoms with Gasteiger partial charge in [0.15, 0.2) is 0 Å². The average molecular weight is 412 g/mol. The normalized spacial score (nSPS) is 17.2. The summed E-state index contributed by atoms with van der Waals surface area (Å²) in [7, 11) is 0. The molecule has 1 aliphatic rings. The summed E-state index contributed by atoms with van der Waals surface area (Å²) in [5, 5.41) is 0. The van der Waals surface area contributed by atoms with Crippen LogP contribution in [0.2, 0.25) is 0 Å². The van der Waals surface area contributed by atoms with Crippen molar-refractivity contribution in [2.24, 2.45) is 21.5 Å². The second-order valence-corrected chi connectivity index (χ2v) is 7.52. The molecule has 4 N–H and O–H groups in total. The van der Waals surface area contributed by atoms with Gasteiger partial charge in [-0.3, -0.25) is 0 Å². The Bertz CT molecular complexity index is 683. The summed E-state index contributed by atoms with van der Waals surface area (Å²) in [6.45, 7) is 2.55. The highest BCUT2D eigenvalue weighted by molar-refractivity contribution is 5.95. The molecule has 0 bridgehead atoms. The number of benzene rings is 1. The summed E-state index contributed by atoms with van der Waals surface area (Å²) in [4.78, 5) is 10.2. The predicted octanol–water partition coefficient (Wildman–Crippen LogP) is 5.01. The fourth-order valence-electron chi connectivity index (χ4n) is 3.45. The van der Waals surface area contributed by atoms with Crippen molar-refractivity contribution in [2.75, 3.05) is 0 Å². The minimum atomic E-state index is -4.35. The van der Waals surface area contributed by atoms with Gasteiger partial charge < -0.3 is 16.4 Å².